The van der Waals surface area contributed by atoms with Crippen molar-refractivity contribution in [3.8, 4) is 11.3 Å². The first-order valence-electron chi connectivity index (χ1n) is 8.74. The average molecular weight is 547 g/mol. The Morgan fingerprint density at radius 3 is 1.97 bits per heavy atom. The molecule has 5 nitrogen and oxygen atoms in total. The molecule has 0 spiro atoms. The summed E-state index contributed by atoms with van der Waals surface area (Å²) >= 11 is 6.68. The summed E-state index contributed by atoms with van der Waals surface area (Å²) in [5.74, 6) is -0.518. The van der Waals surface area contributed by atoms with Crippen molar-refractivity contribution in [1.82, 2.24) is 5.16 Å². The predicted molar refractivity (Wildman–Crippen MR) is 119 cm³/mol. The van der Waals surface area contributed by atoms with E-state index in [2.05, 4.69) is 37.0 Å². The number of hydrogen-bond donors (Lipinski definition) is 0. The third-order valence-electron chi connectivity index (χ3n) is 4.40. The van der Waals surface area contributed by atoms with Crippen molar-refractivity contribution in [3.05, 3.63) is 99.1 Å². The highest BCUT2D eigenvalue weighted by Crippen LogP contribution is 2.35. The number of halogens is 2. The molecule has 4 rings (SSSR count). The van der Waals surface area contributed by atoms with Gasteiger partial charge in [0.05, 0.1) is 4.90 Å². The maximum Gasteiger partial charge on any atom is 0.216 e. The van der Waals surface area contributed by atoms with Crippen molar-refractivity contribution in [2.24, 2.45) is 0 Å². The Labute approximate surface area is 189 Å². The summed E-state index contributed by atoms with van der Waals surface area (Å²) in [6.45, 7) is 0. The SMILES string of the molecule is O=C(c1ccc(Br)cc1)c1noc(-c2ccc(Br)cc2)c1S(=O)(=O)c1ccccc1. The van der Waals surface area contributed by atoms with Gasteiger partial charge in [-0.1, -0.05) is 55.2 Å². The fourth-order valence-electron chi connectivity index (χ4n) is 2.92. The lowest BCUT2D eigenvalue weighted by molar-refractivity contribution is 0.102. The lowest BCUT2D eigenvalue weighted by Crippen LogP contribution is -2.11. The number of sulfone groups is 1. The van der Waals surface area contributed by atoms with Crippen molar-refractivity contribution in [2.45, 2.75) is 9.79 Å². The van der Waals surface area contributed by atoms with Gasteiger partial charge in [-0.3, -0.25) is 4.79 Å². The van der Waals surface area contributed by atoms with Gasteiger partial charge in [-0.25, -0.2) is 8.42 Å². The van der Waals surface area contributed by atoms with Crippen molar-refractivity contribution in [1.29, 1.82) is 0 Å². The van der Waals surface area contributed by atoms with Crippen LogP contribution in [0.1, 0.15) is 16.1 Å². The first-order valence-corrected chi connectivity index (χ1v) is 11.8. The Kier molecular flexibility index (Phi) is 5.73. The van der Waals surface area contributed by atoms with Crippen LogP contribution in [0.15, 0.2) is 102 Å². The fourth-order valence-corrected chi connectivity index (χ4v) is 4.98. The van der Waals surface area contributed by atoms with Gasteiger partial charge in [-0.05, 0) is 60.7 Å². The van der Waals surface area contributed by atoms with Crippen LogP contribution in [0.5, 0.6) is 0 Å². The van der Waals surface area contributed by atoms with Gasteiger partial charge in [0.25, 0.3) is 0 Å². The normalized spacial score (nSPS) is 11.4. The summed E-state index contributed by atoms with van der Waals surface area (Å²) in [5.41, 5.74) is 0.549. The molecular weight excluding hydrogens is 534 g/mol. The van der Waals surface area contributed by atoms with Gasteiger partial charge in [-0.2, -0.15) is 0 Å². The molecule has 0 saturated heterocycles. The molecule has 8 heteroatoms. The second kappa shape index (κ2) is 8.29. The zero-order valence-corrected chi connectivity index (χ0v) is 19.2. The molecule has 3 aromatic carbocycles. The molecule has 0 aliphatic carbocycles. The molecule has 30 heavy (non-hydrogen) atoms. The largest absolute Gasteiger partial charge is 0.354 e. The molecule has 150 valence electrons. The third-order valence-corrected chi connectivity index (χ3v) is 7.27. The summed E-state index contributed by atoms with van der Waals surface area (Å²) < 4.78 is 34.0. The van der Waals surface area contributed by atoms with Crippen LogP contribution in [0.4, 0.5) is 0 Å². The lowest BCUT2D eigenvalue weighted by atomic mass is 10.1. The maximum absolute atomic E-state index is 13.5. The maximum atomic E-state index is 13.5. The molecular formula is C22H13Br2NO4S. The Balaban J connectivity index is 1.94. The quantitative estimate of drug-likeness (QED) is 0.290. The van der Waals surface area contributed by atoms with Crippen LogP contribution in [0, 0.1) is 0 Å². The van der Waals surface area contributed by atoms with Crippen LogP contribution in [0.2, 0.25) is 0 Å². The van der Waals surface area contributed by atoms with E-state index in [0.717, 1.165) is 8.95 Å². The van der Waals surface area contributed by atoms with Crippen molar-refractivity contribution < 1.29 is 17.7 Å². The van der Waals surface area contributed by atoms with Crippen LogP contribution in [0.3, 0.4) is 0 Å². The topological polar surface area (TPSA) is 77.2 Å². The van der Waals surface area contributed by atoms with Gasteiger partial charge in [-0.15, -0.1) is 0 Å². The number of benzene rings is 3. The van der Waals surface area contributed by atoms with Crippen LogP contribution in [-0.4, -0.2) is 19.4 Å². The number of rotatable bonds is 5. The number of nitrogens with zero attached hydrogens (tertiary/aromatic N) is 1. The van der Waals surface area contributed by atoms with Crippen molar-refractivity contribution in [2.75, 3.05) is 0 Å². The van der Waals surface area contributed by atoms with E-state index in [1.807, 2.05) is 0 Å². The van der Waals surface area contributed by atoms with Gasteiger partial charge < -0.3 is 4.52 Å². The molecule has 0 fully saturated rings. The van der Waals surface area contributed by atoms with Crippen molar-refractivity contribution in [3.63, 3.8) is 0 Å². The first kappa shape index (κ1) is 20.7. The van der Waals surface area contributed by atoms with Crippen LogP contribution >= 0.6 is 31.9 Å². The smallest absolute Gasteiger partial charge is 0.216 e. The van der Waals surface area contributed by atoms with Gasteiger partial charge in [0.1, 0.15) is 0 Å². The number of aromatic nitrogens is 1. The Morgan fingerprint density at radius 1 is 0.800 bits per heavy atom. The summed E-state index contributed by atoms with van der Waals surface area (Å²) in [7, 11) is -4.07. The highest BCUT2D eigenvalue weighted by atomic mass is 79.9. The van der Waals surface area contributed by atoms with Crippen molar-refractivity contribution >= 4 is 47.5 Å². The molecule has 0 atom stereocenters. The average Bonchev–Trinajstić information content (AvgIpc) is 3.21. The van der Waals surface area contributed by atoms with Crippen LogP contribution < -0.4 is 0 Å². The summed E-state index contributed by atoms with van der Waals surface area (Å²) in [4.78, 5) is 13.0. The number of carbonyl (C=O) groups excluding carboxylic acids is 1. The van der Waals surface area contributed by atoms with Crippen LogP contribution in [-0.2, 0) is 9.84 Å². The molecule has 0 aliphatic rings. The predicted octanol–water partition coefficient (Wildman–Crippen LogP) is 5.93. The van der Waals surface area contributed by atoms with Gasteiger partial charge in [0.2, 0.25) is 15.6 Å². The minimum atomic E-state index is -4.07. The van der Waals surface area contributed by atoms with E-state index < -0.39 is 15.6 Å². The van der Waals surface area contributed by atoms with E-state index in [-0.39, 0.29) is 21.2 Å². The molecule has 0 radical (unpaired) electrons. The molecule has 0 N–H and O–H groups in total. The molecule has 0 amide bonds. The second-order valence-corrected chi connectivity index (χ2v) is 10.1. The Bertz CT molecular complexity index is 1310. The van der Waals surface area contributed by atoms with Gasteiger partial charge in [0, 0.05) is 20.1 Å². The minimum Gasteiger partial charge on any atom is -0.354 e. The Hall–Kier alpha value is -2.55. The van der Waals surface area contributed by atoms with E-state index in [0.29, 0.717) is 11.1 Å². The minimum absolute atomic E-state index is 0.0202. The van der Waals surface area contributed by atoms with Gasteiger partial charge in [0.15, 0.2) is 16.3 Å². The number of carbonyl (C=O) groups is 1. The third kappa shape index (κ3) is 3.90. The molecule has 1 aromatic heterocycles. The summed E-state index contributed by atoms with van der Waals surface area (Å²) in [6.07, 6.45) is 0. The van der Waals surface area contributed by atoms with E-state index in [1.54, 1.807) is 66.7 Å². The summed E-state index contributed by atoms with van der Waals surface area (Å²) in [6, 6.07) is 21.4. The fraction of sp³-hybridized carbons (Fsp3) is 0. The molecule has 0 unspecified atom stereocenters. The second-order valence-electron chi connectivity index (χ2n) is 6.35. The van der Waals surface area contributed by atoms with Gasteiger partial charge >= 0.3 is 0 Å². The summed E-state index contributed by atoms with van der Waals surface area (Å²) in [5, 5.41) is 3.88. The Morgan fingerprint density at radius 2 is 1.37 bits per heavy atom. The van der Waals surface area contributed by atoms with Crippen LogP contribution in [0.25, 0.3) is 11.3 Å². The van der Waals surface area contributed by atoms with E-state index in [9.17, 15) is 13.2 Å². The standard InChI is InChI=1S/C22H13Br2NO4S/c23-16-10-6-14(7-11-16)20(26)19-22(30(27,28)18-4-2-1-3-5-18)21(29-25-19)15-8-12-17(24)13-9-15/h1-13H. The van der Waals surface area contributed by atoms with E-state index in [4.69, 9.17) is 4.52 Å². The lowest BCUT2D eigenvalue weighted by Gasteiger charge is -2.07. The van der Waals surface area contributed by atoms with E-state index >= 15 is 0 Å². The highest BCUT2D eigenvalue weighted by Gasteiger charge is 2.34. The zero-order valence-electron chi connectivity index (χ0n) is 15.2. The molecule has 0 saturated carbocycles. The monoisotopic (exact) mass is 545 g/mol. The molecule has 0 aliphatic heterocycles. The number of ketones is 1. The zero-order chi connectivity index (χ0) is 21.3. The molecule has 0 bridgehead atoms. The number of hydrogen-bond acceptors (Lipinski definition) is 5. The molecule has 1 heterocycles. The van der Waals surface area contributed by atoms with E-state index in [1.165, 1.54) is 12.1 Å². The highest BCUT2D eigenvalue weighted by molar-refractivity contribution is 9.10. The first-order chi connectivity index (χ1) is 14.4. The molecule has 4 aromatic rings.